The molecular formula is C13H13N5O. The maximum Gasteiger partial charge on any atom is 0.321 e. The molecule has 0 radical (unpaired) electrons. The average Bonchev–Trinajstić information content (AvgIpc) is 2.47. The molecule has 1 heterocycles. The molecule has 0 aliphatic rings. The molecule has 6 heteroatoms. The highest BCUT2D eigenvalue weighted by molar-refractivity contribution is 5.59. The summed E-state index contributed by atoms with van der Waals surface area (Å²) in [6.07, 6.45) is 0. The van der Waals surface area contributed by atoms with Crippen molar-refractivity contribution < 1.29 is 4.74 Å². The van der Waals surface area contributed by atoms with E-state index in [1.807, 2.05) is 13.0 Å². The molecule has 6 nitrogen and oxygen atoms in total. The van der Waals surface area contributed by atoms with Crippen molar-refractivity contribution in [3.63, 3.8) is 0 Å². The SMILES string of the molecule is CCOc1nc(NC)nc(-c2cccc(C#N)c2)n1. The van der Waals surface area contributed by atoms with Crippen molar-refractivity contribution in [2.45, 2.75) is 6.92 Å². The van der Waals surface area contributed by atoms with E-state index in [0.29, 0.717) is 23.9 Å². The van der Waals surface area contributed by atoms with Crippen LogP contribution in [0.25, 0.3) is 11.4 Å². The smallest absolute Gasteiger partial charge is 0.321 e. The van der Waals surface area contributed by atoms with Gasteiger partial charge in [-0.2, -0.15) is 20.2 Å². The molecule has 0 amide bonds. The molecule has 0 saturated heterocycles. The van der Waals surface area contributed by atoms with Gasteiger partial charge in [-0.05, 0) is 19.1 Å². The van der Waals surface area contributed by atoms with E-state index < -0.39 is 0 Å². The Kier molecular flexibility index (Phi) is 3.88. The summed E-state index contributed by atoms with van der Waals surface area (Å²) < 4.78 is 5.30. The van der Waals surface area contributed by atoms with Crippen LogP contribution in [-0.2, 0) is 0 Å². The maximum atomic E-state index is 8.91. The van der Waals surface area contributed by atoms with Crippen LogP contribution in [0.3, 0.4) is 0 Å². The Morgan fingerprint density at radius 2 is 2.16 bits per heavy atom. The molecule has 0 aliphatic carbocycles. The minimum absolute atomic E-state index is 0.263. The van der Waals surface area contributed by atoms with Gasteiger partial charge < -0.3 is 10.1 Å². The van der Waals surface area contributed by atoms with Crippen LogP contribution in [0.4, 0.5) is 5.95 Å². The lowest BCUT2D eigenvalue weighted by Crippen LogP contribution is -2.05. The summed E-state index contributed by atoms with van der Waals surface area (Å²) in [6.45, 7) is 2.34. The summed E-state index contributed by atoms with van der Waals surface area (Å²) in [7, 11) is 1.72. The molecule has 0 saturated carbocycles. The van der Waals surface area contributed by atoms with Crippen molar-refractivity contribution in [2.24, 2.45) is 0 Å². The molecule has 1 N–H and O–H groups in total. The molecule has 0 atom stereocenters. The van der Waals surface area contributed by atoms with Crippen LogP contribution in [0.15, 0.2) is 24.3 Å². The zero-order chi connectivity index (χ0) is 13.7. The van der Waals surface area contributed by atoms with E-state index in [2.05, 4.69) is 26.3 Å². The van der Waals surface area contributed by atoms with Crippen molar-refractivity contribution in [2.75, 3.05) is 19.0 Å². The van der Waals surface area contributed by atoms with Gasteiger partial charge in [-0.15, -0.1) is 0 Å². The Labute approximate surface area is 111 Å². The zero-order valence-corrected chi connectivity index (χ0v) is 10.7. The largest absolute Gasteiger partial charge is 0.464 e. The van der Waals surface area contributed by atoms with Gasteiger partial charge in [0, 0.05) is 12.6 Å². The molecule has 2 rings (SSSR count). The third-order valence-electron chi connectivity index (χ3n) is 2.36. The monoisotopic (exact) mass is 255 g/mol. The standard InChI is InChI=1S/C13H13N5O/c1-3-19-13-17-11(16-12(15-2)18-13)10-6-4-5-9(7-10)8-14/h4-7H,3H2,1-2H3,(H,15,16,17,18). The van der Waals surface area contributed by atoms with Gasteiger partial charge in [0.15, 0.2) is 5.82 Å². The van der Waals surface area contributed by atoms with E-state index in [9.17, 15) is 0 Å². The number of hydrogen-bond acceptors (Lipinski definition) is 6. The van der Waals surface area contributed by atoms with Gasteiger partial charge in [-0.25, -0.2) is 0 Å². The van der Waals surface area contributed by atoms with E-state index in [4.69, 9.17) is 10.00 Å². The van der Waals surface area contributed by atoms with Crippen molar-refractivity contribution in [3.05, 3.63) is 29.8 Å². The first kappa shape index (κ1) is 12.8. The molecule has 1 aromatic carbocycles. The number of benzene rings is 1. The lowest BCUT2D eigenvalue weighted by Gasteiger charge is -2.06. The average molecular weight is 255 g/mol. The van der Waals surface area contributed by atoms with E-state index in [1.165, 1.54) is 0 Å². The molecule has 0 unspecified atom stereocenters. The molecule has 0 aliphatic heterocycles. The van der Waals surface area contributed by atoms with E-state index in [1.54, 1.807) is 25.2 Å². The van der Waals surface area contributed by atoms with Crippen LogP contribution < -0.4 is 10.1 Å². The van der Waals surface area contributed by atoms with Gasteiger partial charge in [-0.3, -0.25) is 0 Å². The molecule has 0 fully saturated rings. The molecular weight excluding hydrogens is 242 g/mol. The number of anilines is 1. The second-order valence-electron chi connectivity index (χ2n) is 3.64. The highest BCUT2D eigenvalue weighted by Gasteiger charge is 2.09. The molecule has 1 aromatic heterocycles. The summed E-state index contributed by atoms with van der Waals surface area (Å²) >= 11 is 0. The van der Waals surface area contributed by atoms with Crippen molar-refractivity contribution in [3.8, 4) is 23.5 Å². The quantitative estimate of drug-likeness (QED) is 0.897. The van der Waals surface area contributed by atoms with E-state index in [-0.39, 0.29) is 6.01 Å². The molecule has 2 aromatic rings. The Morgan fingerprint density at radius 1 is 1.32 bits per heavy atom. The molecule has 0 spiro atoms. The Hall–Kier alpha value is -2.68. The number of nitrogens with zero attached hydrogens (tertiary/aromatic N) is 4. The zero-order valence-electron chi connectivity index (χ0n) is 10.7. The van der Waals surface area contributed by atoms with Gasteiger partial charge in [0.1, 0.15) is 0 Å². The fraction of sp³-hybridized carbons (Fsp3) is 0.231. The van der Waals surface area contributed by atoms with Crippen molar-refractivity contribution in [1.82, 2.24) is 15.0 Å². The summed E-state index contributed by atoms with van der Waals surface area (Å²) in [5.41, 5.74) is 1.31. The lowest BCUT2D eigenvalue weighted by molar-refractivity contribution is 0.312. The second-order valence-corrected chi connectivity index (χ2v) is 3.64. The number of rotatable bonds is 4. The fourth-order valence-electron chi connectivity index (χ4n) is 1.52. The summed E-state index contributed by atoms with van der Waals surface area (Å²) in [5.74, 6) is 0.899. The first-order valence-electron chi connectivity index (χ1n) is 5.84. The molecule has 96 valence electrons. The van der Waals surface area contributed by atoms with Gasteiger partial charge in [-0.1, -0.05) is 12.1 Å². The third kappa shape index (κ3) is 2.96. The third-order valence-corrected chi connectivity index (χ3v) is 2.36. The second kappa shape index (κ2) is 5.78. The van der Waals surface area contributed by atoms with Crippen LogP contribution in [-0.4, -0.2) is 28.6 Å². The van der Waals surface area contributed by atoms with Crippen LogP contribution in [0.2, 0.25) is 0 Å². The van der Waals surface area contributed by atoms with Crippen LogP contribution >= 0.6 is 0 Å². The van der Waals surface area contributed by atoms with Crippen LogP contribution in [0.5, 0.6) is 6.01 Å². The van der Waals surface area contributed by atoms with Crippen molar-refractivity contribution in [1.29, 1.82) is 5.26 Å². The van der Waals surface area contributed by atoms with E-state index >= 15 is 0 Å². The van der Waals surface area contributed by atoms with Gasteiger partial charge in [0.2, 0.25) is 5.95 Å². The molecule has 19 heavy (non-hydrogen) atoms. The Morgan fingerprint density at radius 3 is 2.84 bits per heavy atom. The summed E-state index contributed by atoms with van der Waals surface area (Å²) in [5, 5.41) is 11.8. The first-order chi connectivity index (χ1) is 9.26. The fourth-order valence-corrected chi connectivity index (χ4v) is 1.52. The maximum absolute atomic E-state index is 8.91. The normalized spacial score (nSPS) is 9.74. The number of ether oxygens (including phenoxy) is 1. The number of nitriles is 1. The minimum Gasteiger partial charge on any atom is -0.464 e. The minimum atomic E-state index is 0.263. The number of nitrogens with one attached hydrogen (secondary N) is 1. The highest BCUT2D eigenvalue weighted by Crippen LogP contribution is 2.19. The number of hydrogen-bond donors (Lipinski definition) is 1. The highest BCUT2D eigenvalue weighted by atomic mass is 16.5. The summed E-state index contributed by atoms with van der Waals surface area (Å²) in [6, 6.07) is 9.43. The predicted molar refractivity (Wildman–Crippen MR) is 70.7 cm³/mol. The van der Waals surface area contributed by atoms with Crippen LogP contribution in [0, 0.1) is 11.3 Å². The Bertz CT molecular complexity index is 621. The lowest BCUT2D eigenvalue weighted by atomic mass is 10.1. The topological polar surface area (TPSA) is 83.7 Å². The van der Waals surface area contributed by atoms with Crippen LogP contribution in [0.1, 0.15) is 12.5 Å². The van der Waals surface area contributed by atoms with Gasteiger partial charge >= 0.3 is 6.01 Å². The van der Waals surface area contributed by atoms with Gasteiger partial charge in [0.25, 0.3) is 0 Å². The number of aromatic nitrogens is 3. The Balaban J connectivity index is 2.48. The molecule has 0 bridgehead atoms. The van der Waals surface area contributed by atoms with Gasteiger partial charge in [0.05, 0.1) is 18.2 Å². The predicted octanol–water partition coefficient (Wildman–Crippen LogP) is 1.85. The summed E-state index contributed by atoms with van der Waals surface area (Å²) in [4.78, 5) is 12.6. The van der Waals surface area contributed by atoms with Crippen molar-refractivity contribution >= 4 is 5.95 Å². The first-order valence-corrected chi connectivity index (χ1v) is 5.84. The van der Waals surface area contributed by atoms with E-state index in [0.717, 1.165) is 5.56 Å².